The molecule has 0 N–H and O–H groups in total. The molecule has 1 aliphatic rings. The van der Waals surface area contributed by atoms with Gasteiger partial charge >= 0.3 is 0 Å². The summed E-state index contributed by atoms with van der Waals surface area (Å²) in [6, 6.07) is 2.07. The van der Waals surface area contributed by atoms with Gasteiger partial charge in [0, 0.05) is 10.7 Å². The fraction of sp³-hybridized carbons (Fsp3) is 0.400. The van der Waals surface area contributed by atoms with Gasteiger partial charge in [-0.3, -0.25) is 4.98 Å². The number of hydrogen-bond acceptors (Lipinski definition) is 2. The number of rotatable bonds is 1. The number of aromatic nitrogens is 1. The Bertz CT molecular complexity index is 338. The molecular formula is C10H10BrNO. The fourth-order valence-corrected chi connectivity index (χ4v) is 2.19. The summed E-state index contributed by atoms with van der Waals surface area (Å²) in [5.41, 5.74) is 2.20. The fourth-order valence-electron chi connectivity index (χ4n) is 1.81. The van der Waals surface area contributed by atoms with Crippen LogP contribution in [0.1, 0.15) is 30.0 Å². The molecule has 0 aromatic carbocycles. The third-order valence-corrected chi connectivity index (χ3v) is 2.88. The second kappa shape index (κ2) is 3.58. The zero-order chi connectivity index (χ0) is 9.26. The molecule has 0 saturated heterocycles. The van der Waals surface area contributed by atoms with Crippen LogP contribution in [0.25, 0.3) is 0 Å². The minimum atomic E-state index is 0.0249. The summed E-state index contributed by atoms with van der Waals surface area (Å²) in [5.74, 6) is 0.0249. The van der Waals surface area contributed by atoms with E-state index in [9.17, 15) is 4.79 Å². The zero-order valence-corrected chi connectivity index (χ0v) is 8.75. The minimum Gasteiger partial charge on any atom is -0.303 e. The molecule has 0 bridgehead atoms. The first-order chi connectivity index (χ1) is 6.31. The number of fused-ring (bicyclic) bond motifs is 1. The summed E-state index contributed by atoms with van der Waals surface area (Å²) < 4.78 is 0.998. The highest BCUT2D eigenvalue weighted by Crippen LogP contribution is 2.29. The van der Waals surface area contributed by atoms with Gasteiger partial charge in [0.05, 0.1) is 11.6 Å². The van der Waals surface area contributed by atoms with Crippen LogP contribution in [0.2, 0.25) is 0 Å². The predicted octanol–water partition coefficient (Wildman–Crippen LogP) is 2.46. The Morgan fingerprint density at radius 1 is 1.62 bits per heavy atom. The summed E-state index contributed by atoms with van der Waals surface area (Å²) in [4.78, 5) is 15.0. The second-order valence-electron chi connectivity index (χ2n) is 3.33. The molecule has 0 aliphatic heterocycles. The van der Waals surface area contributed by atoms with Crippen LogP contribution in [0.3, 0.4) is 0 Å². The van der Waals surface area contributed by atoms with E-state index in [1.54, 1.807) is 6.20 Å². The molecule has 3 heteroatoms. The van der Waals surface area contributed by atoms with Crippen LogP contribution >= 0.6 is 15.9 Å². The lowest BCUT2D eigenvalue weighted by molar-refractivity contribution is -0.109. The third kappa shape index (κ3) is 1.66. The maximum absolute atomic E-state index is 10.8. The van der Waals surface area contributed by atoms with Gasteiger partial charge in [-0.25, -0.2) is 0 Å². The number of aldehydes is 1. The van der Waals surface area contributed by atoms with Crippen molar-refractivity contribution in [1.29, 1.82) is 0 Å². The number of aryl methyl sites for hydroxylation is 1. The Kier molecular flexibility index (Phi) is 2.44. The van der Waals surface area contributed by atoms with Crippen molar-refractivity contribution < 1.29 is 4.79 Å². The Labute approximate surface area is 85.5 Å². The van der Waals surface area contributed by atoms with Crippen molar-refractivity contribution >= 4 is 22.2 Å². The van der Waals surface area contributed by atoms with Gasteiger partial charge in [0.15, 0.2) is 0 Å². The van der Waals surface area contributed by atoms with Crippen LogP contribution in [0.5, 0.6) is 0 Å². The Morgan fingerprint density at radius 3 is 3.23 bits per heavy atom. The van der Waals surface area contributed by atoms with E-state index in [0.717, 1.165) is 35.7 Å². The van der Waals surface area contributed by atoms with Crippen LogP contribution in [-0.2, 0) is 11.2 Å². The van der Waals surface area contributed by atoms with Crippen molar-refractivity contribution in [2.45, 2.75) is 25.2 Å². The van der Waals surface area contributed by atoms with E-state index in [0.29, 0.717) is 0 Å². The lowest BCUT2D eigenvalue weighted by Gasteiger charge is -2.19. The van der Waals surface area contributed by atoms with Crippen LogP contribution in [-0.4, -0.2) is 11.3 Å². The zero-order valence-electron chi connectivity index (χ0n) is 7.16. The monoisotopic (exact) mass is 239 g/mol. The number of halogens is 1. The molecule has 2 nitrogen and oxygen atoms in total. The molecule has 0 saturated carbocycles. The molecule has 0 amide bonds. The lowest BCUT2D eigenvalue weighted by atomic mass is 9.88. The second-order valence-corrected chi connectivity index (χ2v) is 4.25. The van der Waals surface area contributed by atoms with Gasteiger partial charge in [-0.1, -0.05) is 0 Å². The molecule has 0 fully saturated rings. The largest absolute Gasteiger partial charge is 0.303 e. The van der Waals surface area contributed by atoms with Crippen molar-refractivity contribution in [3.05, 3.63) is 28.0 Å². The molecule has 1 aliphatic carbocycles. The normalized spacial score (nSPS) is 20.8. The first-order valence-electron chi connectivity index (χ1n) is 4.41. The van der Waals surface area contributed by atoms with Gasteiger partial charge in [0.25, 0.3) is 0 Å². The van der Waals surface area contributed by atoms with Gasteiger partial charge in [0.1, 0.15) is 6.29 Å². The van der Waals surface area contributed by atoms with Gasteiger partial charge in [-0.15, -0.1) is 0 Å². The first kappa shape index (κ1) is 8.88. The van der Waals surface area contributed by atoms with Gasteiger partial charge < -0.3 is 4.79 Å². The van der Waals surface area contributed by atoms with E-state index < -0.39 is 0 Å². The Morgan fingerprint density at radius 2 is 2.46 bits per heavy atom. The van der Waals surface area contributed by atoms with E-state index >= 15 is 0 Å². The van der Waals surface area contributed by atoms with Crippen LogP contribution < -0.4 is 0 Å². The lowest BCUT2D eigenvalue weighted by Crippen LogP contribution is -2.12. The van der Waals surface area contributed by atoms with Crippen LogP contribution in [0.15, 0.2) is 16.7 Å². The van der Waals surface area contributed by atoms with Crippen LogP contribution in [0, 0.1) is 0 Å². The Hall–Kier alpha value is -0.700. The highest BCUT2D eigenvalue weighted by atomic mass is 79.9. The SMILES string of the molecule is O=CC1CCCc2cc(Br)cnc21. The number of nitrogens with zero attached hydrogens (tertiary/aromatic N) is 1. The summed E-state index contributed by atoms with van der Waals surface area (Å²) >= 11 is 3.38. The van der Waals surface area contributed by atoms with E-state index in [-0.39, 0.29) is 5.92 Å². The van der Waals surface area contributed by atoms with E-state index in [1.165, 1.54) is 5.56 Å². The average molecular weight is 240 g/mol. The van der Waals surface area contributed by atoms with Gasteiger partial charge in [0.2, 0.25) is 0 Å². The van der Waals surface area contributed by atoms with Crippen LogP contribution in [0.4, 0.5) is 0 Å². The molecule has 13 heavy (non-hydrogen) atoms. The smallest absolute Gasteiger partial charge is 0.129 e. The molecule has 68 valence electrons. The molecule has 1 aromatic rings. The van der Waals surface area contributed by atoms with Crippen molar-refractivity contribution in [1.82, 2.24) is 4.98 Å². The number of hydrogen-bond donors (Lipinski definition) is 0. The van der Waals surface area contributed by atoms with Crippen molar-refractivity contribution in [3.8, 4) is 0 Å². The summed E-state index contributed by atoms with van der Waals surface area (Å²) in [5, 5.41) is 0. The van der Waals surface area contributed by atoms with Gasteiger partial charge in [-0.05, 0) is 46.8 Å². The number of carbonyl (C=O) groups is 1. The molecule has 0 radical (unpaired) electrons. The molecular weight excluding hydrogens is 230 g/mol. The summed E-state index contributed by atoms with van der Waals surface area (Å²) in [7, 11) is 0. The van der Waals surface area contributed by atoms with E-state index in [2.05, 4.69) is 27.0 Å². The molecule has 1 atom stereocenters. The maximum Gasteiger partial charge on any atom is 0.129 e. The topological polar surface area (TPSA) is 30.0 Å². The number of carbonyl (C=O) groups excluding carboxylic acids is 1. The molecule has 2 rings (SSSR count). The predicted molar refractivity (Wildman–Crippen MR) is 53.7 cm³/mol. The van der Waals surface area contributed by atoms with Gasteiger partial charge in [-0.2, -0.15) is 0 Å². The summed E-state index contributed by atoms with van der Waals surface area (Å²) in [6.45, 7) is 0. The van der Waals surface area contributed by atoms with Crippen molar-refractivity contribution in [3.63, 3.8) is 0 Å². The summed E-state index contributed by atoms with van der Waals surface area (Å²) in [6.07, 6.45) is 5.87. The van der Waals surface area contributed by atoms with E-state index in [4.69, 9.17) is 0 Å². The maximum atomic E-state index is 10.8. The highest BCUT2D eigenvalue weighted by molar-refractivity contribution is 9.10. The standard InChI is InChI=1S/C10H10BrNO/c11-9-4-7-2-1-3-8(6-13)10(7)12-5-9/h4-6,8H,1-3H2. The number of pyridine rings is 1. The van der Waals surface area contributed by atoms with E-state index in [1.807, 2.05) is 0 Å². The Balaban J connectivity index is 2.45. The molecule has 1 unspecified atom stereocenters. The van der Waals surface area contributed by atoms with Crippen molar-refractivity contribution in [2.75, 3.05) is 0 Å². The highest BCUT2D eigenvalue weighted by Gasteiger charge is 2.20. The molecule has 1 heterocycles. The molecule has 0 spiro atoms. The first-order valence-corrected chi connectivity index (χ1v) is 5.20. The average Bonchev–Trinajstić information content (AvgIpc) is 2.16. The molecule has 1 aromatic heterocycles. The van der Waals surface area contributed by atoms with Crippen molar-refractivity contribution in [2.24, 2.45) is 0 Å². The quantitative estimate of drug-likeness (QED) is 0.706. The third-order valence-electron chi connectivity index (χ3n) is 2.44. The minimum absolute atomic E-state index is 0.0249.